The molecule has 8 heteroatoms. The third-order valence-corrected chi connectivity index (χ3v) is 7.20. The van der Waals surface area contributed by atoms with Crippen LogP contribution in [0.5, 0.6) is 0 Å². The molecule has 2 rings (SSSR count). The van der Waals surface area contributed by atoms with Crippen LogP contribution in [0.3, 0.4) is 0 Å². The van der Waals surface area contributed by atoms with Crippen molar-refractivity contribution in [3.63, 3.8) is 0 Å². The number of hydrogen-bond acceptors (Lipinski definition) is 3. The second-order valence-corrected chi connectivity index (χ2v) is 11.1. The van der Waals surface area contributed by atoms with Gasteiger partial charge < -0.3 is 10.1 Å². The highest BCUT2D eigenvalue weighted by Crippen LogP contribution is 2.32. The monoisotopic (exact) mass is 563 g/mol. The number of halogens is 3. The molecule has 39 heavy (non-hydrogen) atoms. The molecule has 1 amide bonds. The summed E-state index contributed by atoms with van der Waals surface area (Å²) in [5.74, 6) is -0.606. The minimum Gasteiger partial charge on any atom is -0.380 e. The number of carbonyl (C=O) groups is 1. The Bertz CT molecular complexity index is 1040. The minimum absolute atomic E-state index is 0.0885. The van der Waals surface area contributed by atoms with Gasteiger partial charge in [0.1, 0.15) is 11.6 Å². The summed E-state index contributed by atoms with van der Waals surface area (Å²) in [4.78, 5) is 18.0. The van der Waals surface area contributed by atoms with Gasteiger partial charge in [0.2, 0.25) is 0 Å². The van der Waals surface area contributed by atoms with E-state index in [1.165, 1.54) is 12.1 Å². The molecule has 5 nitrogen and oxygen atoms in total. The van der Waals surface area contributed by atoms with Gasteiger partial charge in [0.05, 0.1) is 12.6 Å². The normalized spacial score (nSPS) is 15.1. The van der Waals surface area contributed by atoms with Crippen molar-refractivity contribution in [2.24, 2.45) is 16.8 Å². The third-order valence-electron chi connectivity index (χ3n) is 6.95. The van der Waals surface area contributed by atoms with Crippen molar-refractivity contribution >= 4 is 23.5 Å². The molecular formula is C31H44ClF2N3O2. The summed E-state index contributed by atoms with van der Waals surface area (Å²) in [6, 6.07) is 10.1. The molecule has 0 saturated carbocycles. The second-order valence-electron chi connectivity index (χ2n) is 10.7. The third kappa shape index (κ3) is 11.6. The molecule has 0 radical (unpaired) electrons. The Kier molecular flexibility index (Phi) is 13.9. The van der Waals surface area contributed by atoms with Gasteiger partial charge in [-0.1, -0.05) is 52.1 Å². The zero-order valence-electron chi connectivity index (χ0n) is 24.1. The molecule has 0 aliphatic carbocycles. The van der Waals surface area contributed by atoms with Crippen LogP contribution in [0.15, 0.2) is 47.5 Å². The molecule has 0 aliphatic heterocycles. The molecule has 4 atom stereocenters. The standard InChI is InChI=1S/C31H44ClF2N3O2/c1-7-21(5)9-10-24(25-15-27(33)18-28(34)16-25)17-29(20(3)4)36-31(35-22(6)19-39-8-2)37-30(38)23-11-13-26(32)14-12-23/h11-16,18,20-22,24,29H,7-10,17,19H2,1-6H3,(H2,35,36,37,38). The first kappa shape index (κ1) is 32.7. The van der Waals surface area contributed by atoms with Crippen molar-refractivity contribution in [1.82, 2.24) is 10.6 Å². The molecule has 0 aromatic heterocycles. The molecule has 0 fully saturated rings. The number of nitrogens with one attached hydrogen (secondary N) is 2. The highest BCUT2D eigenvalue weighted by Gasteiger charge is 2.24. The van der Waals surface area contributed by atoms with Crippen LogP contribution >= 0.6 is 11.6 Å². The van der Waals surface area contributed by atoms with E-state index in [9.17, 15) is 13.6 Å². The Labute approximate surface area is 237 Å². The van der Waals surface area contributed by atoms with Gasteiger partial charge in [0.25, 0.3) is 5.91 Å². The predicted molar refractivity (Wildman–Crippen MR) is 156 cm³/mol. The van der Waals surface area contributed by atoms with E-state index in [-0.39, 0.29) is 29.8 Å². The quantitative estimate of drug-likeness (QED) is 0.182. The van der Waals surface area contributed by atoms with Gasteiger partial charge in [-0.25, -0.2) is 13.8 Å². The van der Waals surface area contributed by atoms with Gasteiger partial charge in [-0.05, 0) is 86.4 Å². The lowest BCUT2D eigenvalue weighted by Gasteiger charge is -2.27. The molecule has 4 unspecified atom stereocenters. The van der Waals surface area contributed by atoms with Crippen LogP contribution < -0.4 is 10.6 Å². The highest BCUT2D eigenvalue weighted by atomic mass is 35.5. The molecule has 0 spiro atoms. The van der Waals surface area contributed by atoms with Gasteiger partial charge in [-0.3, -0.25) is 10.1 Å². The van der Waals surface area contributed by atoms with Crippen LogP contribution in [-0.4, -0.2) is 37.2 Å². The fourth-order valence-electron chi connectivity index (χ4n) is 4.31. The molecule has 216 valence electrons. The Morgan fingerprint density at radius 3 is 2.21 bits per heavy atom. The minimum atomic E-state index is -0.578. The fourth-order valence-corrected chi connectivity index (χ4v) is 4.43. The maximum absolute atomic E-state index is 14.2. The maximum atomic E-state index is 14.2. The number of benzene rings is 2. The van der Waals surface area contributed by atoms with Crippen LogP contribution in [0.25, 0.3) is 0 Å². The first-order chi connectivity index (χ1) is 18.5. The maximum Gasteiger partial charge on any atom is 0.257 e. The van der Waals surface area contributed by atoms with Gasteiger partial charge in [0.15, 0.2) is 5.96 Å². The van der Waals surface area contributed by atoms with E-state index in [0.29, 0.717) is 47.7 Å². The number of rotatable bonds is 14. The van der Waals surface area contributed by atoms with Gasteiger partial charge in [-0.15, -0.1) is 0 Å². The average Bonchev–Trinajstić information content (AvgIpc) is 2.88. The zero-order valence-corrected chi connectivity index (χ0v) is 24.8. The smallest absolute Gasteiger partial charge is 0.257 e. The summed E-state index contributed by atoms with van der Waals surface area (Å²) in [7, 11) is 0. The Morgan fingerprint density at radius 1 is 1.00 bits per heavy atom. The molecule has 2 aromatic rings. The van der Waals surface area contributed by atoms with E-state index in [1.54, 1.807) is 24.3 Å². The highest BCUT2D eigenvalue weighted by molar-refractivity contribution is 6.30. The van der Waals surface area contributed by atoms with Crippen LogP contribution in [0, 0.1) is 23.5 Å². The number of nitrogens with zero attached hydrogens (tertiary/aromatic N) is 1. The Hall–Kier alpha value is -2.51. The summed E-state index contributed by atoms with van der Waals surface area (Å²) in [6.45, 7) is 13.4. The number of ether oxygens (including phenoxy) is 1. The Balaban J connectivity index is 2.39. The second kappa shape index (κ2) is 16.6. The number of hydrogen-bond donors (Lipinski definition) is 2. The predicted octanol–water partition coefficient (Wildman–Crippen LogP) is 7.74. The van der Waals surface area contributed by atoms with Gasteiger partial charge in [0, 0.05) is 29.3 Å². The number of carbonyl (C=O) groups excluding carboxylic acids is 1. The Morgan fingerprint density at radius 2 is 1.64 bits per heavy atom. The van der Waals surface area contributed by atoms with Crippen molar-refractivity contribution in [2.75, 3.05) is 13.2 Å². The van der Waals surface area contributed by atoms with Crippen LogP contribution in [-0.2, 0) is 4.74 Å². The molecule has 0 heterocycles. The lowest BCUT2D eigenvalue weighted by Crippen LogP contribution is -2.47. The summed E-state index contributed by atoms with van der Waals surface area (Å²) >= 11 is 5.99. The first-order valence-electron chi connectivity index (χ1n) is 14.0. The summed E-state index contributed by atoms with van der Waals surface area (Å²) < 4.78 is 33.9. The summed E-state index contributed by atoms with van der Waals surface area (Å²) in [5.41, 5.74) is 1.09. The van der Waals surface area contributed by atoms with Crippen molar-refractivity contribution in [2.45, 2.75) is 85.2 Å². The first-order valence-corrected chi connectivity index (χ1v) is 14.3. The SMILES string of the molecule is CCOCC(C)NC(=NC(CC(CCC(C)CC)c1cc(F)cc(F)c1)C(C)C)NC(=O)c1ccc(Cl)cc1. The lowest BCUT2D eigenvalue weighted by molar-refractivity contribution is 0.0973. The van der Waals surface area contributed by atoms with E-state index in [4.69, 9.17) is 21.3 Å². The summed E-state index contributed by atoms with van der Waals surface area (Å²) in [5, 5.41) is 6.75. The average molecular weight is 564 g/mol. The van der Waals surface area contributed by atoms with Crippen molar-refractivity contribution < 1.29 is 18.3 Å². The molecule has 0 bridgehead atoms. The van der Waals surface area contributed by atoms with Crippen LogP contribution in [0.4, 0.5) is 8.78 Å². The zero-order chi connectivity index (χ0) is 28.9. The van der Waals surface area contributed by atoms with E-state index in [2.05, 4.69) is 38.3 Å². The topological polar surface area (TPSA) is 62.7 Å². The van der Waals surface area contributed by atoms with E-state index in [1.807, 2.05) is 13.8 Å². The van der Waals surface area contributed by atoms with E-state index >= 15 is 0 Å². The van der Waals surface area contributed by atoms with E-state index < -0.39 is 11.6 Å². The fraction of sp³-hybridized carbons (Fsp3) is 0.548. The molecule has 2 aromatic carbocycles. The molecule has 0 saturated heterocycles. The molecule has 0 aliphatic rings. The lowest BCUT2D eigenvalue weighted by atomic mass is 9.83. The largest absolute Gasteiger partial charge is 0.380 e. The number of guanidine groups is 1. The van der Waals surface area contributed by atoms with Gasteiger partial charge >= 0.3 is 0 Å². The van der Waals surface area contributed by atoms with Crippen LogP contribution in [0.1, 0.15) is 89.1 Å². The summed E-state index contributed by atoms with van der Waals surface area (Å²) in [6.07, 6.45) is 3.35. The van der Waals surface area contributed by atoms with E-state index in [0.717, 1.165) is 25.3 Å². The van der Waals surface area contributed by atoms with Gasteiger partial charge in [-0.2, -0.15) is 0 Å². The number of aliphatic imine (C=N–C) groups is 1. The van der Waals surface area contributed by atoms with Crippen molar-refractivity contribution in [3.8, 4) is 0 Å². The molecule has 2 N–H and O–H groups in total. The number of amides is 1. The van der Waals surface area contributed by atoms with Crippen molar-refractivity contribution in [1.29, 1.82) is 0 Å². The van der Waals surface area contributed by atoms with Crippen molar-refractivity contribution in [3.05, 3.63) is 70.2 Å². The van der Waals surface area contributed by atoms with Crippen LogP contribution in [0.2, 0.25) is 5.02 Å². The molecular weight excluding hydrogens is 520 g/mol.